The molecule has 0 N–H and O–H groups in total. The maximum atomic E-state index is 12.8. The smallest absolute Gasteiger partial charge is 0.254 e. The van der Waals surface area contributed by atoms with Gasteiger partial charge in [-0.1, -0.05) is 18.2 Å². The highest BCUT2D eigenvalue weighted by molar-refractivity contribution is 7.89. The molecular formula is C17H24N2O4S. The molecule has 24 heavy (non-hydrogen) atoms. The van der Waals surface area contributed by atoms with Gasteiger partial charge in [-0.15, -0.1) is 0 Å². The van der Waals surface area contributed by atoms with E-state index in [2.05, 4.69) is 0 Å². The van der Waals surface area contributed by atoms with Gasteiger partial charge in [0.05, 0.1) is 18.5 Å². The number of carbonyl (C=O) groups excluding carboxylic acids is 1. The molecule has 7 heteroatoms. The fourth-order valence-electron chi connectivity index (χ4n) is 3.36. The third-order valence-electron chi connectivity index (χ3n) is 4.79. The van der Waals surface area contributed by atoms with Crippen LogP contribution in [0.3, 0.4) is 0 Å². The van der Waals surface area contributed by atoms with Gasteiger partial charge in [0, 0.05) is 31.7 Å². The number of benzene rings is 1. The molecule has 2 heterocycles. The quantitative estimate of drug-likeness (QED) is 0.821. The van der Waals surface area contributed by atoms with E-state index in [-0.39, 0.29) is 12.5 Å². The molecule has 0 radical (unpaired) electrons. The molecular weight excluding hydrogens is 328 g/mol. The molecule has 0 saturated carbocycles. The standard InChI is InChI=1S/C17H24N2O4S/c1-14-5-2-3-7-16(14)17(20)18-8-4-6-15(13-18)24(21,22)19-9-11-23-12-10-19/h2-3,5,7,15H,4,6,8-13H2,1H3/t15-/m1/s1. The van der Waals surface area contributed by atoms with Crippen molar-refractivity contribution in [2.24, 2.45) is 0 Å². The maximum Gasteiger partial charge on any atom is 0.254 e. The second-order valence-corrected chi connectivity index (χ2v) is 8.60. The van der Waals surface area contributed by atoms with Gasteiger partial charge in [0.1, 0.15) is 0 Å². The predicted molar refractivity (Wildman–Crippen MR) is 91.4 cm³/mol. The Bertz CT molecular complexity index is 698. The monoisotopic (exact) mass is 352 g/mol. The Labute approximate surface area is 143 Å². The van der Waals surface area contributed by atoms with Crippen molar-refractivity contribution in [1.29, 1.82) is 0 Å². The number of ether oxygens (including phenoxy) is 1. The van der Waals surface area contributed by atoms with E-state index in [4.69, 9.17) is 4.74 Å². The molecule has 1 aromatic carbocycles. The fraction of sp³-hybridized carbons (Fsp3) is 0.588. The minimum atomic E-state index is -3.38. The highest BCUT2D eigenvalue weighted by Crippen LogP contribution is 2.23. The Hall–Kier alpha value is -1.44. The van der Waals surface area contributed by atoms with Gasteiger partial charge in [-0.05, 0) is 31.4 Å². The van der Waals surface area contributed by atoms with Crippen LogP contribution in [0.15, 0.2) is 24.3 Å². The van der Waals surface area contributed by atoms with Crippen LogP contribution in [0.5, 0.6) is 0 Å². The van der Waals surface area contributed by atoms with E-state index in [0.717, 1.165) is 5.56 Å². The van der Waals surface area contributed by atoms with Crippen molar-refractivity contribution in [2.75, 3.05) is 39.4 Å². The van der Waals surface area contributed by atoms with Crippen LogP contribution in [0.2, 0.25) is 0 Å². The van der Waals surface area contributed by atoms with Crippen molar-refractivity contribution in [3.05, 3.63) is 35.4 Å². The molecule has 0 aliphatic carbocycles. The van der Waals surface area contributed by atoms with E-state index in [9.17, 15) is 13.2 Å². The SMILES string of the molecule is Cc1ccccc1C(=O)N1CCC[C@@H](S(=O)(=O)N2CCOCC2)C1. The molecule has 2 fully saturated rings. The minimum Gasteiger partial charge on any atom is -0.379 e. The number of nitrogens with zero attached hydrogens (tertiary/aromatic N) is 2. The lowest BCUT2D eigenvalue weighted by atomic mass is 10.1. The number of likely N-dealkylation sites (tertiary alicyclic amines) is 1. The van der Waals surface area contributed by atoms with Gasteiger partial charge in [-0.25, -0.2) is 8.42 Å². The second-order valence-electron chi connectivity index (χ2n) is 6.39. The summed E-state index contributed by atoms with van der Waals surface area (Å²) in [5, 5.41) is -0.516. The number of hydrogen-bond donors (Lipinski definition) is 0. The van der Waals surface area contributed by atoms with Crippen LogP contribution in [-0.2, 0) is 14.8 Å². The molecule has 2 aliphatic rings. The number of morpholine rings is 1. The summed E-state index contributed by atoms with van der Waals surface area (Å²) in [4.78, 5) is 14.5. The number of amides is 1. The van der Waals surface area contributed by atoms with Gasteiger partial charge in [-0.3, -0.25) is 4.79 Å². The summed E-state index contributed by atoms with van der Waals surface area (Å²) in [7, 11) is -3.38. The van der Waals surface area contributed by atoms with Crippen LogP contribution < -0.4 is 0 Å². The highest BCUT2D eigenvalue weighted by atomic mass is 32.2. The first kappa shape index (κ1) is 17.4. The summed E-state index contributed by atoms with van der Waals surface area (Å²) in [5.74, 6) is -0.0741. The summed E-state index contributed by atoms with van der Waals surface area (Å²) in [6.45, 7) is 4.49. The molecule has 0 unspecified atom stereocenters. The van der Waals surface area contributed by atoms with E-state index >= 15 is 0 Å². The minimum absolute atomic E-state index is 0.0741. The third kappa shape index (κ3) is 3.48. The number of aryl methyl sites for hydroxylation is 1. The number of carbonyl (C=O) groups is 1. The van der Waals surface area contributed by atoms with Crippen LogP contribution in [0.4, 0.5) is 0 Å². The average molecular weight is 352 g/mol. The predicted octanol–water partition coefficient (Wildman–Crippen LogP) is 1.26. The summed E-state index contributed by atoms with van der Waals surface area (Å²) >= 11 is 0. The van der Waals surface area contributed by atoms with Gasteiger partial charge in [0.25, 0.3) is 5.91 Å². The zero-order valence-corrected chi connectivity index (χ0v) is 14.8. The Morgan fingerprint density at radius 2 is 1.88 bits per heavy atom. The summed E-state index contributed by atoms with van der Waals surface area (Å²) in [6, 6.07) is 7.44. The summed E-state index contributed by atoms with van der Waals surface area (Å²) in [6.07, 6.45) is 1.32. The highest BCUT2D eigenvalue weighted by Gasteiger charge is 2.37. The number of sulfonamides is 1. The first-order valence-corrected chi connectivity index (χ1v) is 9.92. The van der Waals surface area contributed by atoms with Gasteiger partial charge in [0.15, 0.2) is 0 Å². The summed E-state index contributed by atoms with van der Waals surface area (Å²) in [5.41, 5.74) is 1.57. The van der Waals surface area contributed by atoms with Crippen LogP contribution >= 0.6 is 0 Å². The second kappa shape index (κ2) is 7.21. The van der Waals surface area contributed by atoms with Gasteiger partial charge < -0.3 is 9.64 Å². The molecule has 0 aromatic heterocycles. The van der Waals surface area contributed by atoms with Crippen molar-refractivity contribution in [2.45, 2.75) is 25.0 Å². The van der Waals surface area contributed by atoms with Crippen molar-refractivity contribution in [3.63, 3.8) is 0 Å². The largest absolute Gasteiger partial charge is 0.379 e. The Balaban J connectivity index is 1.74. The molecule has 1 amide bonds. The first-order valence-electron chi connectivity index (χ1n) is 8.42. The lowest BCUT2D eigenvalue weighted by Crippen LogP contribution is -2.51. The fourth-order valence-corrected chi connectivity index (χ4v) is 5.27. The lowest BCUT2D eigenvalue weighted by Gasteiger charge is -2.36. The number of piperidine rings is 1. The summed E-state index contributed by atoms with van der Waals surface area (Å²) < 4.78 is 32.4. The van der Waals surface area contributed by atoms with Gasteiger partial charge in [0.2, 0.25) is 10.0 Å². The van der Waals surface area contributed by atoms with Crippen molar-refractivity contribution in [1.82, 2.24) is 9.21 Å². The molecule has 3 rings (SSSR count). The van der Waals surface area contributed by atoms with Crippen molar-refractivity contribution >= 4 is 15.9 Å². The first-order chi connectivity index (χ1) is 11.5. The molecule has 0 bridgehead atoms. The molecule has 132 valence electrons. The van der Waals surface area contributed by atoms with E-state index in [0.29, 0.717) is 51.3 Å². The van der Waals surface area contributed by atoms with Crippen LogP contribution in [0.1, 0.15) is 28.8 Å². The van der Waals surface area contributed by atoms with Gasteiger partial charge in [-0.2, -0.15) is 4.31 Å². The zero-order valence-electron chi connectivity index (χ0n) is 14.0. The van der Waals surface area contributed by atoms with Crippen molar-refractivity contribution < 1.29 is 17.9 Å². The zero-order chi connectivity index (χ0) is 17.2. The van der Waals surface area contributed by atoms with Crippen LogP contribution in [0, 0.1) is 6.92 Å². The number of rotatable bonds is 3. The van der Waals surface area contributed by atoms with Crippen LogP contribution in [0.25, 0.3) is 0 Å². The Morgan fingerprint density at radius 3 is 2.58 bits per heavy atom. The van der Waals surface area contributed by atoms with E-state index in [1.165, 1.54) is 4.31 Å². The molecule has 0 spiro atoms. The van der Waals surface area contributed by atoms with Crippen LogP contribution in [-0.4, -0.2) is 68.2 Å². The molecule has 1 atom stereocenters. The molecule has 2 saturated heterocycles. The topological polar surface area (TPSA) is 66.9 Å². The normalized spacial score (nSPS) is 23.2. The Kier molecular flexibility index (Phi) is 5.22. The van der Waals surface area contributed by atoms with E-state index in [1.807, 2.05) is 25.1 Å². The maximum absolute atomic E-state index is 12.8. The van der Waals surface area contributed by atoms with E-state index in [1.54, 1.807) is 11.0 Å². The molecule has 6 nitrogen and oxygen atoms in total. The average Bonchev–Trinajstić information content (AvgIpc) is 2.62. The lowest BCUT2D eigenvalue weighted by molar-refractivity contribution is 0.0685. The van der Waals surface area contributed by atoms with Gasteiger partial charge >= 0.3 is 0 Å². The molecule has 2 aliphatic heterocycles. The van der Waals surface area contributed by atoms with E-state index < -0.39 is 15.3 Å². The van der Waals surface area contributed by atoms with Crippen molar-refractivity contribution in [3.8, 4) is 0 Å². The number of hydrogen-bond acceptors (Lipinski definition) is 4. The Morgan fingerprint density at radius 1 is 1.17 bits per heavy atom. The third-order valence-corrected chi connectivity index (χ3v) is 7.10. The molecule has 1 aromatic rings.